The van der Waals surface area contributed by atoms with Gasteiger partial charge in [0.1, 0.15) is 0 Å². The highest BCUT2D eigenvalue weighted by molar-refractivity contribution is 4.80. The zero-order valence-electron chi connectivity index (χ0n) is 8.57. The Kier molecular flexibility index (Phi) is 8.30. The van der Waals surface area contributed by atoms with Gasteiger partial charge in [-0.15, -0.1) is 0 Å². The number of unbranched alkanes of at least 4 members (excludes halogenated alkanes) is 5. The van der Waals surface area contributed by atoms with Crippen LogP contribution in [-0.4, -0.2) is 7.11 Å². The average molecular weight is 170 g/mol. The normalized spacial score (nSPS) is 9.83. The van der Waals surface area contributed by atoms with Crippen molar-refractivity contribution < 1.29 is 4.74 Å². The van der Waals surface area contributed by atoms with Gasteiger partial charge >= 0.3 is 0 Å². The maximum atomic E-state index is 4.98. The lowest BCUT2D eigenvalue weighted by molar-refractivity contribution is 0.276. The molecule has 0 saturated carbocycles. The Hall–Kier alpha value is -0.460. The molecule has 0 rings (SSSR count). The van der Waals surface area contributed by atoms with Crippen LogP contribution in [0, 0.1) is 0 Å². The van der Waals surface area contributed by atoms with Crippen molar-refractivity contribution in [1.29, 1.82) is 0 Å². The second kappa shape index (κ2) is 8.63. The topological polar surface area (TPSA) is 9.23 Å². The van der Waals surface area contributed by atoms with Crippen LogP contribution in [-0.2, 0) is 4.74 Å². The molecule has 12 heavy (non-hydrogen) atoms. The summed E-state index contributed by atoms with van der Waals surface area (Å²) < 4.78 is 4.98. The van der Waals surface area contributed by atoms with E-state index in [0.29, 0.717) is 0 Å². The Balaban J connectivity index is 2.95. The monoisotopic (exact) mass is 170 g/mol. The Morgan fingerprint density at radius 2 is 1.67 bits per heavy atom. The SMILES string of the molecule is C=C(CCCCCCCC)OC. The van der Waals surface area contributed by atoms with E-state index in [0.717, 1.165) is 12.2 Å². The third-order valence-corrected chi connectivity index (χ3v) is 2.10. The van der Waals surface area contributed by atoms with E-state index in [2.05, 4.69) is 13.5 Å². The summed E-state index contributed by atoms with van der Waals surface area (Å²) in [5.74, 6) is 0.922. The van der Waals surface area contributed by atoms with Crippen molar-refractivity contribution in [2.24, 2.45) is 0 Å². The second-order valence-corrected chi connectivity index (χ2v) is 3.26. The first-order valence-corrected chi connectivity index (χ1v) is 5.03. The summed E-state index contributed by atoms with van der Waals surface area (Å²) in [6.45, 7) is 6.03. The summed E-state index contributed by atoms with van der Waals surface area (Å²) in [4.78, 5) is 0. The zero-order chi connectivity index (χ0) is 9.23. The summed E-state index contributed by atoms with van der Waals surface area (Å²) >= 11 is 0. The van der Waals surface area contributed by atoms with E-state index in [1.165, 1.54) is 38.5 Å². The van der Waals surface area contributed by atoms with Crippen LogP contribution in [0.5, 0.6) is 0 Å². The van der Waals surface area contributed by atoms with E-state index in [1.54, 1.807) is 7.11 Å². The molecule has 0 spiro atoms. The number of hydrogen-bond donors (Lipinski definition) is 0. The fourth-order valence-corrected chi connectivity index (χ4v) is 1.20. The quantitative estimate of drug-likeness (QED) is 0.396. The molecule has 0 unspecified atom stereocenters. The Bertz CT molecular complexity index is 108. The number of ether oxygens (including phenoxy) is 1. The van der Waals surface area contributed by atoms with Gasteiger partial charge in [-0.2, -0.15) is 0 Å². The number of allylic oxidation sites excluding steroid dienone is 1. The maximum Gasteiger partial charge on any atom is 0.0883 e. The standard InChI is InChI=1S/C11H22O/c1-4-5-6-7-8-9-10-11(2)12-3/h2,4-10H2,1,3H3. The summed E-state index contributed by atoms with van der Waals surface area (Å²) in [7, 11) is 1.69. The molecule has 0 bridgehead atoms. The van der Waals surface area contributed by atoms with Crippen LogP contribution in [0.2, 0.25) is 0 Å². The van der Waals surface area contributed by atoms with E-state index in [9.17, 15) is 0 Å². The highest BCUT2D eigenvalue weighted by atomic mass is 16.5. The third kappa shape index (κ3) is 7.64. The first-order chi connectivity index (χ1) is 5.81. The molecule has 0 fully saturated rings. The predicted molar refractivity (Wildman–Crippen MR) is 54.1 cm³/mol. The van der Waals surface area contributed by atoms with Crippen molar-refractivity contribution in [1.82, 2.24) is 0 Å². The van der Waals surface area contributed by atoms with E-state index in [4.69, 9.17) is 4.74 Å². The van der Waals surface area contributed by atoms with Crippen molar-refractivity contribution in [2.75, 3.05) is 7.11 Å². The highest BCUT2D eigenvalue weighted by Crippen LogP contribution is 2.10. The van der Waals surface area contributed by atoms with E-state index in [1.807, 2.05) is 0 Å². The lowest BCUT2D eigenvalue weighted by Gasteiger charge is -2.03. The van der Waals surface area contributed by atoms with Crippen LogP contribution in [0.1, 0.15) is 51.9 Å². The van der Waals surface area contributed by atoms with Gasteiger partial charge in [-0.25, -0.2) is 0 Å². The first-order valence-electron chi connectivity index (χ1n) is 5.03. The van der Waals surface area contributed by atoms with E-state index >= 15 is 0 Å². The Morgan fingerprint density at radius 1 is 1.08 bits per heavy atom. The first kappa shape index (κ1) is 11.5. The molecule has 0 saturated heterocycles. The minimum absolute atomic E-state index is 0.922. The minimum Gasteiger partial charge on any atom is -0.502 e. The van der Waals surface area contributed by atoms with Crippen molar-refractivity contribution in [2.45, 2.75) is 51.9 Å². The van der Waals surface area contributed by atoms with Crippen LogP contribution in [0.4, 0.5) is 0 Å². The maximum absolute atomic E-state index is 4.98. The molecular weight excluding hydrogens is 148 g/mol. The molecule has 0 aliphatic rings. The molecule has 1 heteroatoms. The van der Waals surface area contributed by atoms with Crippen molar-refractivity contribution in [3.05, 3.63) is 12.3 Å². The second-order valence-electron chi connectivity index (χ2n) is 3.26. The minimum atomic E-state index is 0.922. The van der Waals surface area contributed by atoms with Crippen molar-refractivity contribution in [3.8, 4) is 0 Å². The van der Waals surface area contributed by atoms with Gasteiger partial charge in [0.15, 0.2) is 0 Å². The predicted octanol–water partition coefficient (Wildman–Crippen LogP) is 3.90. The lowest BCUT2D eigenvalue weighted by atomic mass is 10.1. The Labute approximate surface area is 76.8 Å². The van der Waals surface area contributed by atoms with Gasteiger partial charge in [0.05, 0.1) is 12.9 Å². The molecule has 0 aromatic rings. The van der Waals surface area contributed by atoms with Crippen molar-refractivity contribution >= 4 is 0 Å². The molecule has 0 aromatic heterocycles. The Morgan fingerprint density at radius 3 is 2.25 bits per heavy atom. The van der Waals surface area contributed by atoms with Gasteiger partial charge in [0.25, 0.3) is 0 Å². The third-order valence-electron chi connectivity index (χ3n) is 2.10. The highest BCUT2D eigenvalue weighted by Gasteiger charge is 1.92. The zero-order valence-corrected chi connectivity index (χ0v) is 8.57. The summed E-state index contributed by atoms with van der Waals surface area (Å²) in [6, 6.07) is 0. The molecule has 0 aliphatic carbocycles. The number of rotatable bonds is 8. The molecular formula is C11H22O. The molecule has 0 atom stereocenters. The van der Waals surface area contributed by atoms with Gasteiger partial charge in [-0.1, -0.05) is 45.6 Å². The van der Waals surface area contributed by atoms with Crippen molar-refractivity contribution in [3.63, 3.8) is 0 Å². The smallest absolute Gasteiger partial charge is 0.0883 e. The van der Waals surface area contributed by atoms with Gasteiger partial charge < -0.3 is 4.74 Å². The van der Waals surface area contributed by atoms with Gasteiger partial charge in [-0.3, -0.25) is 0 Å². The largest absolute Gasteiger partial charge is 0.502 e. The summed E-state index contributed by atoms with van der Waals surface area (Å²) in [5, 5.41) is 0. The molecule has 0 aromatic carbocycles. The van der Waals surface area contributed by atoms with Crippen LogP contribution in [0.25, 0.3) is 0 Å². The fraction of sp³-hybridized carbons (Fsp3) is 0.818. The van der Waals surface area contributed by atoms with Crippen LogP contribution in [0.3, 0.4) is 0 Å². The molecule has 72 valence electrons. The summed E-state index contributed by atoms with van der Waals surface area (Å²) in [6.07, 6.45) is 9.04. The van der Waals surface area contributed by atoms with Gasteiger partial charge in [0.2, 0.25) is 0 Å². The van der Waals surface area contributed by atoms with Crippen LogP contribution < -0.4 is 0 Å². The summed E-state index contributed by atoms with van der Waals surface area (Å²) in [5.41, 5.74) is 0. The lowest BCUT2D eigenvalue weighted by Crippen LogP contribution is -1.85. The average Bonchev–Trinajstić information content (AvgIpc) is 2.10. The molecule has 1 nitrogen and oxygen atoms in total. The fourth-order valence-electron chi connectivity index (χ4n) is 1.20. The molecule has 0 aliphatic heterocycles. The molecule has 0 amide bonds. The molecule has 0 heterocycles. The number of hydrogen-bond acceptors (Lipinski definition) is 1. The van der Waals surface area contributed by atoms with E-state index < -0.39 is 0 Å². The van der Waals surface area contributed by atoms with Gasteiger partial charge in [0, 0.05) is 6.42 Å². The molecule has 0 N–H and O–H groups in total. The van der Waals surface area contributed by atoms with Gasteiger partial charge in [-0.05, 0) is 6.42 Å². The van der Waals surface area contributed by atoms with E-state index in [-0.39, 0.29) is 0 Å². The molecule has 0 radical (unpaired) electrons. The number of methoxy groups -OCH3 is 1. The van der Waals surface area contributed by atoms with Crippen LogP contribution in [0.15, 0.2) is 12.3 Å². The van der Waals surface area contributed by atoms with Crippen LogP contribution >= 0.6 is 0 Å².